The SMILES string of the molecule is C=C(C)C(=O)OCC(CCC1CCC(C2CCC(CC/C=C/C)CC2)CC1)COC(=O)C(=C)CO. The van der Waals surface area contributed by atoms with Crippen molar-refractivity contribution in [2.24, 2.45) is 29.6 Å². The smallest absolute Gasteiger partial charge is 0.335 e. The fourth-order valence-electron chi connectivity index (χ4n) is 5.76. The number of esters is 2. The van der Waals surface area contributed by atoms with E-state index in [4.69, 9.17) is 14.6 Å². The Hall–Kier alpha value is -1.88. The van der Waals surface area contributed by atoms with Crippen LogP contribution in [0.2, 0.25) is 0 Å². The highest BCUT2D eigenvalue weighted by atomic mass is 16.5. The lowest BCUT2D eigenvalue weighted by Gasteiger charge is -2.38. The number of rotatable bonds is 14. The summed E-state index contributed by atoms with van der Waals surface area (Å²) in [5.74, 6) is 2.34. The molecule has 0 spiro atoms. The normalized spacial score (nSPS) is 25.7. The second-order valence-corrected chi connectivity index (χ2v) is 10.9. The van der Waals surface area contributed by atoms with Crippen LogP contribution >= 0.6 is 0 Å². The molecule has 5 heteroatoms. The maximum absolute atomic E-state index is 11.9. The van der Waals surface area contributed by atoms with E-state index in [1.165, 1.54) is 64.2 Å². The predicted molar refractivity (Wildman–Crippen MR) is 141 cm³/mol. The Morgan fingerprint density at radius 3 is 1.89 bits per heavy atom. The molecule has 1 atom stereocenters. The summed E-state index contributed by atoms with van der Waals surface area (Å²) in [4.78, 5) is 23.7. The molecule has 2 saturated carbocycles. The minimum Gasteiger partial charge on any atom is -0.462 e. The molecule has 5 nitrogen and oxygen atoms in total. The number of ether oxygens (including phenoxy) is 2. The number of hydrogen-bond donors (Lipinski definition) is 1. The lowest BCUT2D eigenvalue weighted by molar-refractivity contribution is -0.144. The second-order valence-electron chi connectivity index (χ2n) is 10.9. The molecule has 0 aliphatic heterocycles. The first-order valence-corrected chi connectivity index (χ1v) is 13.7. The molecular weight excluding hydrogens is 440 g/mol. The molecule has 0 bridgehead atoms. The number of carbonyl (C=O) groups is 2. The Bertz CT molecular complexity index is 708. The van der Waals surface area contributed by atoms with E-state index in [2.05, 4.69) is 32.2 Å². The van der Waals surface area contributed by atoms with Crippen molar-refractivity contribution < 1.29 is 24.2 Å². The molecule has 0 aromatic carbocycles. The van der Waals surface area contributed by atoms with Gasteiger partial charge in [0.15, 0.2) is 0 Å². The summed E-state index contributed by atoms with van der Waals surface area (Å²) in [6.45, 7) is 10.8. The molecule has 0 aromatic heterocycles. The first kappa shape index (κ1) is 29.4. The lowest BCUT2D eigenvalue weighted by atomic mass is 9.68. The van der Waals surface area contributed by atoms with Gasteiger partial charge in [-0.3, -0.25) is 0 Å². The Kier molecular flexibility index (Phi) is 13.4. The Morgan fingerprint density at radius 1 is 0.886 bits per heavy atom. The van der Waals surface area contributed by atoms with Crippen LogP contribution in [0.1, 0.15) is 90.9 Å². The number of carbonyl (C=O) groups excluding carboxylic acids is 2. The van der Waals surface area contributed by atoms with Gasteiger partial charge in [0, 0.05) is 11.5 Å². The summed E-state index contributed by atoms with van der Waals surface area (Å²) in [7, 11) is 0. The van der Waals surface area contributed by atoms with E-state index in [1.807, 2.05) is 0 Å². The van der Waals surface area contributed by atoms with Gasteiger partial charge in [-0.15, -0.1) is 0 Å². The fourth-order valence-corrected chi connectivity index (χ4v) is 5.76. The third-order valence-electron chi connectivity index (χ3n) is 8.14. The van der Waals surface area contributed by atoms with Crippen molar-refractivity contribution >= 4 is 11.9 Å². The van der Waals surface area contributed by atoms with E-state index < -0.39 is 18.5 Å². The van der Waals surface area contributed by atoms with Crippen molar-refractivity contribution in [3.05, 3.63) is 36.5 Å². The quantitative estimate of drug-likeness (QED) is 0.170. The molecule has 1 unspecified atom stereocenters. The molecule has 0 aromatic rings. The minimum atomic E-state index is -0.596. The zero-order chi connectivity index (χ0) is 25.6. The van der Waals surface area contributed by atoms with Crippen LogP contribution in [0.25, 0.3) is 0 Å². The van der Waals surface area contributed by atoms with Crippen LogP contribution in [-0.4, -0.2) is 36.9 Å². The summed E-state index contributed by atoms with van der Waals surface area (Å²) in [5, 5.41) is 9.07. The van der Waals surface area contributed by atoms with Crippen molar-refractivity contribution in [1.29, 1.82) is 0 Å². The Morgan fingerprint density at radius 2 is 1.40 bits per heavy atom. The van der Waals surface area contributed by atoms with Gasteiger partial charge < -0.3 is 14.6 Å². The van der Waals surface area contributed by atoms with Crippen LogP contribution in [0.15, 0.2) is 36.5 Å². The van der Waals surface area contributed by atoms with Gasteiger partial charge in [0.25, 0.3) is 0 Å². The van der Waals surface area contributed by atoms with Crippen molar-refractivity contribution in [3.8, 4) is 0 Å². The Balaban J connectivity index is 1.73. The average Bonchev–Trinajstić information content (AvgIpc) is 2.88. The maximum Gasteiger partial charge on any atom is 0.335 e. The molecule has 2 aliphatic carbocycles. The van der Waals surface area contributed by atoms with Crippen molar-refractivity contribution in [1.82, 2.24) is 0 Å². The number of allylic oxidation sites excluding steroid dienone is 2. The zero-order valence-electron chi connectivity index (χ0n) is 22.1. The zero-order valence-corrected chi connectivity index (χ0v) is 22.1. The van der Waals surface area contributed by atoms with Gasteiger partial charge in [0.2, 0.25) is 0 Å². The molecule has 2 fully saturated rings. The molecule has 0 amide bonds. The van der Waals surface area contributed by atoms with Crippen LogP contribution in [0, 0.1) is 29.6 Å². The molecule has 198 valence electrons. The average molecular weight is 489 g/mol. The molecule has 0 radical (unpaired) electrons. The van der Waals surface area contributed by atoms with Gasteiger partial charge in [-0.05, 0) is 88.9 Å². The van der Waals surface area contributed by atoms with E-state index in [9.17, 15) is 9.59 Å². The summed E-state index contributed by atoms with van der Waals surface area (Å²) in [5.41, 5.74) is 0.396. The number of aliphatic hydroxyl groups is 1. The molecule has 0 saturated heterocycles. The lowest BCUT2D eigenvalue weighted by Crippen LogP contribution is -2.27. The van der Waals surface area contributed by atoms with Gasteiger partial charge in [-0.25, -0.2) is 9.59 Å². The maximum atomic E-state index is 11.9. The fraction of sp³-hybridized carbons (Fsp3) is 0.733. The summed E-state index contributed by atoms with van der Waals surface area (Å²) >= 11 is 0. The highest BCUT2D eigenvalue weighted by molar-refractivity contribution is 5.88. The third kappa shape index (κ3) is 10.7. The Labute approximate surface area is 213 Å². The van der Waals surface area contributed by atoms with Crippen LogP contribution in [0.4, 0.5) is 0 Å². The first-order valence-electron chi connectivity index (χ1n) is 13.7. The van der Waals surface area contributed by atoms with Gasteiger partial charge in [0.05, 0.1) is 25.4 Å². The van der Waals surface area contributed by atoms with Crippen LogP contribution in [0.5, 0.6) is 0 Å². The predicted octanol–water partition coefficient (Wildman–Crippen LogP) is 6.56. The van der Waals surface area contributed by atoms with Gasteiger partial charge >= 0.3 is 11.9 Å². The molecule has 1 N–H and O–H groups in total. The van der Waals surface area contributed by atoms with E-state index in [0.29, 0.717) is 11.5 Å². The summed E-state index contributed by atoms with van der Waals surface area (Å²) in [6.07, 6.45) is 19.8. The van der Waals surface area contributed by atoms with E-state index >= 15 is 0 Å². The van der Waals surface area contributed by atoms with Gasteiger partial charge in [-0.1, -0.05) is 51.0 Å². The second kappa shape index (κ2) is 16.0. The minimum absolute atomic E-state index is 0.0350. The standard InChI is InChI=1S/C30H48O5/c1-5-6-7-8-24-11-15-27(16-12-24)28-17-13-25(14-18-28)9-10-26(20-34-29(32)22(2)3)21-35-30(33)23(4)19-31/h5-6,24-28,31H,2,4,7-21H2,1,3H3/b6-5+. The number of hydrogen-bond acceptors (Lipinski definition) is 5. The van der Waals surface area contributed by atoms with Gasteiger partial charge in [-0.2, -0.15) is 0 Å². The highest BCUT2D eigenvalue weighted by Gasteiger charge is 2.31. The summed E-state index contributed by atoms with van der Waals surface area (Å²) in [6, 6.07) is 0. The van der Waals surface area contributed by atoms with Crippen LogP contribution in [-0.2, 0) is 19.1 Å². The van der Waals surface area contributed by atoms with Crippen molar-refractivity contribution in [2.75, 3.05) is 19.8 Å². The monoisotopic (exact) mass is 488 g/mol. The van der Waals surface area contributed by atoms with Crippen LogP contribution < -0.4 is 0 Å². The molecule has 2 aliphatic rings. The molecule has 0 heterocycles. The van der Waals surface area contributed by atoms with Crippen LogP contribution in [0.3, 0.4) is 0 Å². The highest BCUT2D eigenvalue weighted by Crippen LogP contribution is 2.43. The molecular formula is C30H48O5. The number of aliphatic hydroxyl groups excluding tert-OH is 1. The van der Waals surface area contributed by atoms with E-state index in [0.717, 1.165) is 30.6 Å². The third-order valence-corrected chi connectivity index (χ3v) is 8.14. The van der Waals surface area contributed by atoms with E-state index in [1.54, 1.807) is 6.92 Å². The van der Waals surface area contributed by atoms with Gasteiger partial charge in [0.1, 0.15) is 0 Å². The molecule has 2 rings (SSSR count). The van der Waals surface area contributed by atoms with Crippen molar-refractivity contribution in [3.63, 3.8) is 0 Å². The topological polar surface area (TPSA) is 72.8 Å². The summed E-state index contributed by atoms with van der Waals surface area (Å²) < 4.78 is 10.7. The first-order chi connectivity index (χ1) is 16.8. The van der Waals surface area contributed by atoms with Crippen molar-refractivity contribution in [2.45, 2.75) is 90.9 Å². The van der Waals surface area contributed by atoms with E-state index in [-0.39, 0.29) is 24.7 Å². The largest absolute Gasteiger partial charge is 0.462 e. The molecule has 35 heavy (non-hydrogen) atoms.